The van der Waals surface area contributed by atoms with Crippen LogP contribution in [-0.2, 0) is 16.0 Å². The van der Waals surface area contributed by atoms with Crippen molar-refractivity contribution in [3.05, 3.63) is 53.2 Å². The van der Waals surface area contributed by atoms with Gasteiger partial charge in [0.2, 0.25) is 5.88 Å². The second-order valence-electron chi connectivity index (χ2n) is 6.68. The maximum atomic E-state index is 5.81. The average Bonchev–Trinajstić information content (AvgIpc) is 2.72. The number of pyridine rings is 1. The minimum absolute atomic E-state index is 0.486. The van der Waals surface area contributed by atoms with Gasteiger partial charge < -0.3 is 19.1 Å². The number of aliphatic imine (C=N–C) groups is 1. The number of aryl methyl sites for hydroxylation is 1. The topological polar surface area (TPSA) is 56.2 Å². The fraction of sp³-hybridized carbons (Fsp3) is 0.455. The van der Waals surface area contributed by atoms with Crippen molar-refractivity contribution >= 4 is 11.9 Å². The third-order valence-electron chi connectivity index (χ3n) is 4.43. The van der Waals surface area contributed by atoms with Gasteiger partial charge in [-0.1, -0.05) is 29.8 Å². The number of ether oxygens (including phenoxy) is 3. The molecule has 0 unspecified atom stereocenters. The first-order valence-corrected chi connectivity index (χ1v) is 9.85. The molecule has 0 atom stereocenters. The van der Waals surface area contributed by atoms with Gasteiger partial charge in [0.15, 0.2) is 0 Å². The zero-order valence-electron chi connectivity index (χ0n) is 16.8. The fourth-order valence-electron chi connectivity index (χ4n) is 3.05. The van der Waals surface area contributed by atoms with Crippen LogP contribution >= 0.6 is 0 Å². The Kier molecular flexibility index (Phi) is 7.82. The molecule has 1 fully saturated rings. The molecule has 0 bridgehead atoms. The Bertz CT molecular complexity index is 773. The molecule has 150 valence electrons. The van der Waals surface area contributed by atoms with E-state index >= 15 is 0 Å². The summed E-state index contributed by atoms with van der Waals surface area (Å²) in [6, 6.07) is 12.4. The molecule has 0 amide bonds. The Labute approximate surface area is 167 Å². The number of aromatic nitrogens is 1. The predicted octanol–water partition coefficient (Wildman–Crippen LogP) is 3.26. The summed E-state index contributed by atoms with van der Waals surface area (Å²) >= 11 is 0. The summed E-state index contributed by atoms with van der Waals surface area (Å²) in [6.45, 7) is 9.51. The van der Waals surface area contributed by atoms with Crippen molar-refractivity contribution < 1.29 is 14.2 Å². The van der Waals surface area contributed by atoms with Crippen LogP contribution in [-0.4, -0.2) is 57.3 Å². The summed E-state index contributed by atoms with van der Waals surface area (Å²) in [5.41, 5.74) is 4.31. The van der Waals surface area contributed by atoms with Gasteiger partial charge in [0.1, 0.15) is 6.61 Å². The molecule has 0 radical (unpaired) electrons. The van der Waals surface area contributed by atoms with Crippen LogP contribution in [0.1, 0.15) is 23.7 Å². The molecule has 0 saturated carbocycles. The quantitative estimate of drug-likeness (QED) is 0.491. The van der Waals surface area contributed by atoms with Crippen molar-refractivity contribution in [1.29, 1.82) is 0 Å². The van der Waals surface area contributed by atoms with Crippen LogP contribution in [0.25, 0.3) is 0 Å². The molecule has 2 aromatic rings. The number of hydrogen-bond donors (Lipinski definition) is 0. The number of benzene rings is 1. The first-order chi connectivity index (χ1) is 13.7. The van der Waals surface area contributed by atoms with Crippen LogP contribution in [0.5, 0.6) is 5.88 Å². The number of nitrogens with zero attached hydrogens (tertiary/aromatic N) is 3. The molecule has 1 aromatic heterocycles. The monoisotopic (exact) mass is 383 g/mol. The minimum Gasteiger partial charge on any atom is -0.475 e. The maximum Gasteiger partial charge on any atom is 0.215 e. The SMILES string of the molecule is CCOCCOc1cc(N2CCOCC2)cc(CN=Cc2cccc(C)c2)n1. The maximum absolute atomic E-state index is 5.81. The highest BCUT2D eigenvalue weighted by atomic mass is 16.5. The molecule has 1 aliphatic rings. The van der Waals surface area contributed by atoms with Gasteiger partial charge in [-0.25, -0.2) is 4.98 Å². The van der Waals surface area contributed by atoms with Crippen molar-refractivity contribution in [3.8, 4) is 5.88 Å². The second-order valence-corrected chi connectivity index (χ2v) is 6.68. The van der Waals surface area contributed by atoms with Crippen LogP contribution in [0.2, 0.25) is 0 Å². The van der Waals surface area contributed by atoms with Crippen molar-refractivity contribution in [2.24, 2.45) is 4.99 Å². The van der Waals surface area contributed by atoms with Gasteiger partial charge in [-0.05, 0) is 25.5 Å². The highest BCUT2D eigenvalue weighted by molar-refractivity contribution is 5.79. The summed E-state index contributed by atoms with van der Waals surface area (Å²) in [5, 5.41) is 0. The van der Waals surface area contributed by atoms with Gasteiger partial charge in [0.25, 0.3) is 0 Å². The Hall–Kier alpha value is -2.44. The molecule has 28 heavy (non-hydrogen) atoms. The lowest BCUT2D eigenvalue weighted by atomic mass is 10.1. The highest BCUT2D eigenvalue weighted by Gasteiger charge is 2.14. The van der Waals surface area contributed by atoms with Crippen LogP contribution in [0.15, 0.2) is 41.4 Å². The van der Waals surface area contributed by atoms with Crippen molar-refractivity contribution in [2.75, 3.05) is 51.0 Å². The van der Waals surface area contributed by atoms with Gasteiger partial charge in [-0.2, -0.15) is 0 Å². The van der Waals surface area contributed by atoms with Crippen LogP contribution in [0.3, 0.4) is 0 Å². The number of hydrogen-bond acceptors (Lipinski definition) is 6. The molecular formula is C22H29N3O3. The molecule has 6 nitrogen and oxygen atoms in total. The Morgan fingerprint density at radius 2 is 2.04 bits per heavy atom. The molecular weight excluding hydrogens is 354 g/mol. The van der Waals surface area contributed by atoms with Crippen LogP contribution in [0, 0.1) is 6.92 Å². The van der Waals surface area contributed by atoms with Crippen molar-refractivity contribution in [3.63, 3.8) is 0 Å². The van der Waals surface area contributed by atoms with E-state index in [1.54, 1.807) is 0 Å². The Morgan fingerprint density at radius 1 is 1.18 bits per heavy atom. The predicted molar refractivity (Wildman–Crippen MR) is 112 cm³/mol. The van der Waals surface area contributed by atoms with E-state index < -0.39 is 0 Å². The van der Waals surface area contributed by atoms with E-state index in [1.807, 2.05) is 25.3 Å². The number of rotatable bonds is 9. The zero-order valence-corrected chi connectivity index (χ0v) is 16.8. The smallest absolute Gasteiger partial charge is 0.215 e. The zero-order chi connectivity index (χ0) is 19.6. The largest absolute Gasteiger partial charge is 0.475 e. The molecule has 2 heterocycles. The minimum atomic E-state index is 0.486. The van der Waals surface area contributed by atoms with E-state index in [2.05, 4.69) is 46.1 Å². The molecule has 1 aromatic carbocycles. The highest BCUT2D eigenvalue weighted by Crippen LogP contribution is 2.23. The summed E-state index contributed by atoms with van der Waals surface area (Å²) in [6.07, 6.45) is 1.89. The average molecular weight is 383 g/mol. The summed E-state index contributed by atoms with van der Waals surface area (Å²) in [5.74, 6) is 0.615. The first-order valence-electron chi connectivity index (χ1n) is 9.85. The molecule has 1 saturated heterocycles. The lowest BCUT2D eigenvalue weighted by Crippen LogP contribution is -2.36. The summed E-state index contributed by atoms with van der Waals surface area (Å²) in [7, 11) is 0. The first kappa shape index (κ1) is 20.3. The number of anilines is 1. The number of morpholine rings is 1. The van der Waals surface area contributed by atoms with E-state index in [9.17, 15) is 0 Å². The van der Waals surface area contributed by atoms with E-state index in [0.717, 1.165) is 43.2 Å². The molecule has 0 N–H and O–H groups in total. The van der Waals surface area contributed by atoms with Gasteiger partial charge in [-0.3, -0.25) is 4.99 Å². The van der Waals surface area contributed by atoms with Gasteiger partial charge in [0, 0.05) is 37.7 Å². The molecule has 3 rings (SSSR count). The Morgan fingerprint density at radius 3 is 2.82 bits per heavy atom. The van der Waals surface area contributed by atoms with Gasteiger partial charge >= 0.3 is 0 Å². The second kappa shape index (κ2) is 10.8. The van der Waals surface area contributed by atoms with E-state index in [4.69, 9.17) is 14.2 Å². The van der Waals surface area contributed by atoms with Crippen LogP contribution < -0.4 is 9.64 Å². The lowest BCUT2D eigenvalue weighted by molar-refractivity contribution is 0.108. The molecule has 0 aliphatic carbocycles. The van der Waals surface area contributed by atoms with Crippen LogP contribution in [0.4, 0.5) is 5.69 Å². The summed E-state index contributed by atoms with van der Waals surface area (Å²) in [4.78, 5) is 11.5. The summed E-state index contributed by atoms with van der Waals surface area (Å²) < 4.78 is 16.6. The Balaban J connectivity index is 1.71. The van der Waals surface area contributed by atoms with Gasteiger partial charge in [-0.15, -0.1) is 0 Å². The van der Waals surface area contributed by atoms with Crippen molar-refractivity contribution in [1.82, 2.24) is 4.98 Å². The lowest BCUT2D eigenvalue weighted by Gasteiger charge is -2.29. The molecule has 0 spiro atoms. The van der Waals surface area contributed by atoms with Crippen molar-refractivity contribution in [2.45, 2.75) is 20.4 Å². The fourth-order valence-corrected chi connectivity index (χ4v) is 3.05. The third-order valence-corrected chi connectivity index (χ3v) is 4.43. The van der Waals surface area contributed by atoms with E-state index in [1.165, 1.54) is 5.56 Å². The van der Waals surface area contributed by atoms with E-state index in [-0.39, 0.29) is 0 Å². The third kappa shape index (κ3) is 6.32. The standard InChI is InChI=1S/C22H29N3O3/c1-3-26-11-12-28-22-15-21(25-7-9-27-10-8-25)14-20(24-22)17-23-16-19-6-4-5-18(2)13-19/h4-6,13-16H,3,7-12,17H2,1-2H3. The molecule has 6 heteroatoms. The molecule has 1 aliphatic heterocycles. The van der Waals surface area contributed by atoms with E-state index in [0.29, 0.717) is 32.2 Å². The van der Waals surface area contributed by atoms with Gasteiger partial charge in [0.05, 0.1) is 32.1 Å². The normalized spacial score (nSPS) is 14.6.